The minimum Gasteiger partial charge on any atom is -0.417 e. The first kappa shape index (κ1) is 14.6. The lowest BCUT2D eigenvalue weighted by Gasteiger charge is -2.38. The van der Waals surface area contributed by atoms with Gasteiger partial charge in [0.1, 0.15) is 6.29 Å². The van der Waals surface area contributed by atoms with E-state index in [1.54, 1.807) is 0 Å². The van der Waals surface area contributed by atoms with Crippen molar-refractivity contribution < 1.29 is 9.22 Å². The van der Waals surface area contributed by atoms with Gasteiger partial charge >= 0.3 is 0 Å². The highest BCUT2D eigenvalue weighted by Gasteiger charge is 2.38. The molecule has 0 aromatic rings. The fourth-order valence-corrected chi connectivity index (χ4v) is 2.85. The van der Waals surface area contributed by atoms with E-state index in [9.17, 15) is 4.79 Å². The predicted molar refractivity (Wildman–Crippen MR) is 74.6 cm³/mol. The monoisotopic (exact) mass is 254 g/mol. The third-order valence-corrected chi connectivity index (χ3v) is 8.76. The number of hydrogen-bond donors (Lipinski definition) is 0. The largest absolute Gasteiger partial charge is 0.417 e. The van der Waals surface area contributed by atoms with Gasteiger partial charge in [-0.05, 0) is 36.9 Å². The van der Waals surface area contributed by atoms with E-state index in [1.807, 2.05) is 0 Å². The van der Waals surface area contributed by atoms with Gasteiger partial charge in [-0.15, -0.1) is 0 Å². The van der Waals surface area contributed by atoms with E-state index in [0.717, 1.165) is 25.7 Å². The van der Waals surface area contributed by atoms with Crippen LogP contribution in [0.2, 0.25) is 18.1 Å². The molecule has 3 heteroatoms. The summed E-state index contributed by atoms with van der Waals surface area (Å²) in [4.78, 5) is 11.0. The maximum Gasteiger partial charge on any atom is 0.191 e. The third-order valence-electron chi connectivity index (χ3n) is 4.26. The molecule has 1 rings (SSSR count). The Morgan fingerprint density at radius 2 is 1.88 bits per heavy atom. The molecule has 0 saturated carbocycles. The summed E-state index contributed by atoms with van der Waals surface area (Å²) in [5.74, 6) is 0.538. The molecule has 0 radical (unpaired) electrons. The first-order chi connectivity index (χ1) is 7.78. The Balaban J connectivity index is 2.55. The summed E-state index contributed by atoms with van der Waals surface area (Å²) in [7, 11) is -1.67. The normalized spacial score (nSPS) is 25.9. The molecule has 0 heterocycles. The van der Waals surface area contributed by atoms with Crippen molar-refractivity contribution in [1.82, 2.24) is 0 Å². The average Bonchev–Trinajstić information content (AvgIpc) is 2.25. The summed E-state index contributed by atoms with van der Waals surface area (Å²) in [5.41, 5.74) is 0. The minimum absolute atomic E-state index is 0.157. The van der Waals surface area contributed by atoms with Crippen LogP contribution in [0.5, 0.6) is 0 Å². The van der Waals surface area contributed by atoms with Crippen molar-refractivity contribution >= 4 is 14.6 Å². The molecular formula is C14H26O2Si. The van der Waals surface area contributed by atoms with E-state index in [1.165, 1.54) is 0 Å². The Kier molecular flexibility index (Phi) is 4.73. The Hall–Kier alpha value is -0.413. The number of carbonyl (C=O) groups excluding carboxylic acids is 1. The van der Waals surface area contributed by atoms with Crippen molar-refractivity contribution in [1.29, 1.82) is 0 Å². The SMILES string of the molecule is CC(C)(C)[Si](C)(C)OC[C@@H]1CC=CC[C@@H]1C=O. The summed E-state index contributed by atoms with van der Waals surface area (Å²) in [6, 6.07) is 0. The lowest BCUT2D eigenvalue weighted by molar-refractivity contribution is -0.113. The van der Waals surface area contributed by atoms with Crippen molar-refractivity contribution in [2.24, 2.45) is 11.8 Å². The smallest absolute Gasteiger partial charge is 0.191 e. The fourth-order valence-electron chi connectivity index (χ4n) is 1.78. The van der Waals surface area contributed by atoms with Crippen LogP contribution in [0.1, 0.15) is 33.6 Å². The van der Waals surface area contributed by atoms with Crippen LogP contribution in [-0.4, -0.2) is 21.2 Å². The quantitative estimate of drug-likeness (QED) is 0.433. The van der Waals surface area contributed by atoms with E-state index in [4.69, 9.17) is 4.43 Å². The van der Waals surface area contributed by atoms with Crippen LogP contribution in [0.4, 0.5) is 0 Å². The molecule has 1 aliphatic carbocycles. The Morgan fingerprint density at radius 3 is 2.41 bits per heavy atom. The zero-order valence-electron chi connectivity index (χ0n) is 11.8. The summed E-state index contributed by atoms with van der Waals surface area (Å²) < 4.78 is 6.21. The van der Waals surface area contributed by atoms with Gasteiger partial charge in [0.15, 0.2) is 8.32 Å². The van der Waals surface area contributed by atoms with E-state index in [2.05, 4.69) is 46.0 Å². The van der Waals surface area contributed by atoms with E-state index >= 15 is 0 Å². The summed E-state index contributed by atoms with van der Waals surface area (Å²) in [5, 5.41) is 0.244. The highest BCUT2D eigenvalue weighted by molar-refractivity contribution is 6.74. The molecule has 0 fully saturated rings. The lowest BCUT2D eigenvalue weighted by Crippen LogP contribution is -2.42. The van der Waals surface area contributed by atoms with Crippen molar-refractivity contribution in [3.63, 3.8) is 0 Å². The second-order valence-electron chi connectivity index (χ2n) is 6.57. The topological polar surface area (TPSA) is 26.3 Å². The molecule has 0 amide bonds. The maximum atomic E-state index is 11.0. The van der Waals surface area contributed by atoms with Gasteiger partial charge in [-0.1, -0.05) is 32.9 Å². The van der Waals surface area contributed by atoms with Crippen LogP contribution >= 0.6 is 0 Å². The molecule has 98 valence electrons. The highest BCUT2D eigenvalue weighted by atomic mass is 28.4. The van der Waals surface area contributed by atoms with Gasteiger partial charge in [0.25, 0.3) is 0 Å². The van der Waals surface area contributed by atoms with E-state index in [0.29, 0.717) is 5.92 Å². The molecule has 0 spiro atoms. The molecule has 17 heavy (non-hydrogen) atoms. The van der Waals surface area contributed by atoms with Gasteiger partial charge in [-0.25, -0.2) is 0 Å². The van der Waals surface area contributed by atoms with Gasteiger partial charge < -0.3 is 9.22 Å². The molecule has 0 aromatic carbocycles. The van der Waals surface area contributed by atoms with Gasteiger partial charge in [0, 0.05) is 12.5 Å². The Morgan fingerprint density at radius 1 is 1.29 bits per heavy atom. The van der Waals surface area contributed by atoms with Gasteiger partial charge in [-0.2, -0.15) is 0 Å². The molecular weight excluding hydrogens is 228 g/mol. The van der Waals surface area contributed by atoms with E-state index in [-0.39, 0.29) is 11.0 Å². The van der Waals surface area contributed by atoms with Crippen molar-refractivity contribution in [2.75, 3.05) is 6.61 Å². The van der Waals surface area contributed by atoms with Gasteiger partial charge in [-0.3, -0.25) is 0 Å². The number of rotatable bonds is 4. The van der Waals surface area contributed by atoms with Crippen LogP contribution in [-0.2, 0) is 9.22 Å². The van der Waals surface area contributed by atoms with Crippen LogP contribution in [0.3, 0.4) is 0 Å². The molecule has 0 bridgehead atoms. The Bertz CT molecular complexity index is 289. The number of hydrogen-bond acceptors (Lipinski definition) is 2. The average molecular weight is 254 g/mol. The van der Waals surface area contributed by atoms with Crippen LogP contribution in [0.15, 0.2) is 12.2 Å². The van der Waals surface area contributed by atoms with E-state index < -0.39 is 8.32 Å². The van der Waals surface area contributed by atoms with Crippen LogP contribution in [0, 0.1) is 11.8 Å². The first-order valence-corrected chi connectivity index (χ1v) is 9.43. The van der Waals surface area contributed by atoms with Gasteiger partial charge in [0.2, 0.25) is 0 Å². The second-order valence-corrected chi connectivity index (χ2v) is 11.4. The molecule has 0 saturated heterocycles. The Labute approximate surface area is 107 Å². The second kappa shape index (κ2) is 5.49. The maximum absolute atomic E-state index is 11.0. The number of carbonyl (C=O) groups is 1. The standard InChI is InChI=1S/C14H26O2Si/c1-14(2,3)17(4,5)16-11-13-9-7-6-8-12(13)10-15/h6-7,10,12-13H,8-9,11H2,1-5H3/t12-,13+/m1/s1. The third kappa shape index (κ3) is 3.78. The molecule has 0 aliphatic heterocycles. The number of aldehydes is 1. The zero-order valence-corrected chi connectivity index (χ0v) is 12.8. The highest BCUT2D eigenvalue weighted by Crippen LogP contribution is 2.37. The van der Waals surface area contributed by atoms with Gasteiger partial charge in [0.05, 0.1) is 0 Å². The summed E-state index contributed by atoms with van der Waals surface area (Å²) >= 11 is 0. The minimum atomic E-state index is -1.67. The number of allylic oxidation sites excluding steroid dienone is 2. The van der Waals surface area contributed by atoms with Crippen molar-refractivity contribution in [2.45, 2.75) is 51.7 Å². The van der Waals surface area contributed by atoms with Crippen LogP contribution in [0.25, 0.3) is 0 Å². The summed E-state index contributed by atoms with van der Waals surface area (Å²) in [6.45, 7) is 12.0. The zero-order chi connectivity index (χ0) is 13.1. The van der Waals surface area contributed by atoms with Crippen LogP contribution < -0.4 is 0 Å². The predicted octanol–water partition coefficient (Wildman–Crippen LogP) is 3.79. The molecule has 2 atom stereocenters. The molecule has 2 nitrogen and oxygen atoms in total. The molecule has 0 aromatic heterocycles. The van der Waals surface area contributed by atoms with Crippen molar-refractivity contribution in [3.8, 4) is 0 Å². The lowest BCUT2D eigenvalue weighted by atomic mass is 9.85. The fraction of sp³-hybridized carbons (Fsp3) is 0.786. The first-order valence-electron chi connectivity index (χ1n) is 6.52. The molecule has 1 aliphatic rings. The molecule has 0 unspecified atom stereocenters. The summed E-state index contributed by atoms with van der Waals surface area (Å²) in [6.07, 6.45) is 7.26. The van der Waals surface area contributed by atoms with Crippen molar-refractivity contribution in [3.05, 3.63) is 12.2 Å². The molecule has 0 N–H and O–H groups in total.